The van der Waals surface area contributed by atoms with Crippen LogP contribution in [0.1, 0.15) is 12.5 Å². The average Bonchev–Trinajstić information content (AvgIpc) is 2.83. The Hall–Kier alpha value is -0.820. The highest BCUT2D eigenvalue weighted by molar-refractivity contribution is 14.1. The first-order valence-electron chi connectivity index (χ1n) is 5.26. The zero-order valence-corrected chi connectivity index (χ0v) is 10.8. The molecule has 2 aromatic rings. The lowest BCUT2D eigenvalue weighted by atomic mass is 10.2. The van der Waals surface area contributed by atoms with Crippen molar-refractivity contribution in [3.8, 4) is 0 Å². The molecule has 0 aliphatic carbocycles. The quantitative estimate of drug-likeness (QED) is 0.816. The van der Waals surface area contributed by atoms with Crippen molar-refractivity contribution in [1.82, 2.24) is 9.55 Å². The average molecular weight is 329 g/mol. The van der Waals surface area contributed by atoms with Crippen molar-refractivity contribution in [1.29, 1.82) is 0 Å². The summed E-state index contributed by atoms with van der Waals surface area (Å²) >= 11 is 2.28. The predicted octanol–water partition coefficient (Wildman–Crippen LogP) is 2.18. The standard InChI is InChI=1S/C11H12IN3O/c12-7-1-2-10-9(5-7)14-11(13)15(10)8-3-4-16-6-8/h1-2,5,8H,3-4,6H2,(H2,13,14). The minimum absolute atomic E-state index is 0.338. The van der Waals surface area contributed by atoms with Gasteiger partial charge in [-0.1, -0.05) is 0 Å². The molecule has 3 rings (SSSR count). The second-order valence-corrected chi connectivity index (χ2v) is 5.24. The van der Waals surface area contributed by atoms with Crippen LogP contribution in [0.2, 0.25) is 0 Å². The van der Waals surface area contributed by atoms with Crippen molar-refractivity contribution in [2.45, 2.75) is 12.5 Å². The molecule has 1 fully saturated rings. The number of imidazole rings is 1. The lowest BCUT2D eigenvalue weighted by Crippen LogP contribution is -2.11. The number of hydrogen-bond acceptors (Lipinski definition) is 3. The molecule has 84 valence electrons. The summed E-state index contributed by atoms with van der Waals surface area (Å²) in [7, 11) is 0. The highest BCUT2D eigenvalue weighted by Gasteiger charge is 2.22. The number of nitrogens with two attached hydrogens (primary N) is 1. The number of nitrogen functional groups attached to an aromatic ring is 1. The molecule has 1 atom stereocenters. The van der Waals surface area contributed by atoms with Gasteiger partial charge in [-0.2, -0.15) is 0 Å². The number of benzene rings is 1. The van der Waals surface area contributed by atoms with Crippen LogP contribution >= 0.6 is 22.6 Å². The molecule has 1 aliphatic rings. The van der Waals surface area contributed by atoms with Crippen LogP contribution in [0.15, 0.2) is 18.2 Å². The zero-order chi connectivity index (χ0) is 11.1. The fourth-order valence-corrected chi connectivity index (χ4v) is 2.67. The van der Waals surface area contributed by atoms with E-state index in [1.54, 1.807) is 0 Å². The summed E-state index contributed by atoms with van der Waals surface area (Å²) in [6.07, 6.45) is 1.02. The summed E-state index contributed by atoms with van der Waals surface area (Å²) in [5, 5.41) is 0. The Morgan fingerprint density at radius 1 is 1.50 bits per heavy atom. The third-order valence-corrected chi connectivity index (χ3v) is 3.62. The second-order valence-electron chi connectivity index (χ2n) is 3.99. The minimum Gasteiger partial charge on any atom is -0.379 e. The van der Waals surface area contributed by atoms with E-state index < -0.39 is 0 Å². The van der Waals surface area contributed by atoms with Gasteiger partial charge in [0.1, 0.15) is 0 Å². The number of fused-ring (bicyclic) bond motifs is 1. The minimum atomic E-state index is 0.338. The Balaban J connectivity index is 2.18. The maximum atomic E-state index is 5.98. The first-order valence-corrected chi connectivity index (χ1v) is 6.34. The van der Waals surface area contributed by atoms with E-state index in [4.69, 9.17) is 10.5 Å². The predicted molar refractivity (Wildman–Crippen MR) is 71.3 cm³/mol. The molecule has 1 unspecified atom stereocenters. The molecule has 1 saturated heterocycles. The van der Waals surface area contributed by atoms with Crippen molar-refractivity contribution in [3.05, 3.63) is 21.8 Å². The summed E-state index contributed by atoms with van der Waals surface area (Å²) in [6, 6.07) is 6.55. The van der Waals surface area contributed by atoms with Gasteiger partial charge in [0.2, 0.25) is 5.95 Å². The third kappa shape index (κ3) is 1.58. The van der Waals surface area contributed by atoms with Gasteiger partial charge in [-0.05, 0) is 47.2 Å². The number of ether oxygens (including phenoxy) is 1. The van der Waals surface area contributed by atoms with Gasteiger partial charge in [0.05, 0.1) is 23.7 Å². The monoisotopic (exact) mass is 329 g/mol. The summed E-state index contributed by atoms with van der Waals surface area (Å²) in [4.78, 5) is 4.40. The SMILES string of the molecule is Nc1nc2cc(I)ccc2n1C1CCOC1. The lowest BCUT2D eigenvalue weighted by Gasteiger charge is -2.12. The molecular weight excluding hydrogens is 317 g/mol. The maximum Gasteiger partial charge on any atom is 0.201 e. The van der Waals surface area contributed by atoms with Crippen molar-refractivity contribution in [2.24, 2.45) is 0 Å². The van der Waals surface area contributed by atoms with Crippen molar-refractivity contribution >= 4 is 39.6 Å². The molecule has 0 saturated carbocycles. The van der Waals surface area contributed by atoms with Gasteiger partial charge >= 0.3 is 0 Å². The number of nitrogens with zero attached hydrogens (tertiary/aromatic N) is 2. The van der Waals surface area contributed by atoms with Crippen LogP contribution in [0.25, 0.3) is 11.0 Å². The molecule has 0 bridgehead atoms. The molecular formula is C11H12IN3O. The van der Waals surface area contributed by atoms with E-state index >= 15 is 0 Å². The topological polar surface area (TPSA) is 53.1 Å². The second kappa shape index (κ2) is 3.89. The van der Waals surface area contributed by atoms with Crippen LogP contribution in [0.5, 0.6) is 0 Å². The summed E-state index contributed by atoms with van der Waals surface area (Å²) in [6.45, 7) is 1.55. The highest BCUT2D eigenvalue weighted by Crippen LogP contribution is 2.28. The van der Waals surface area contributed by atoms with Crippen molar-refractivity contribution < 1.29 is 4.74 Å². The summed E-state index contributed by atoms with van der Waals surface area (Å²) in [5.74, 6) is 0.590. The molecule has 0 amide bonds. The molecule has 0 spiro atoms. The largest absolute Gasteiger partial charge is 0.379 e. The number of anilines is 1. The molecule has 5 heteroatoms. The summed E-state index contributed by atoms with van der Waals surface area (Å²) < 4.78 is 8.68. The van der Waals surface area contributed by atoms with Gasteiger partial charge in [0, 0.05) is 10.2 Å². The van der Waals surface area contributed by atoms with Gasteiger partial charge in [-0.15, -0.1) is 0 Å². The normalized spacial score (nSPS) is 20.7. The van der Waals surface area contributed by atoms with E-state index in [1.165, 1.54) is 3.57 Å². The number of rotatable bonds is 1. The fourth-order valence-electron chi connectivity index (χ4n) is 2.20. The van der Waals surface area contributed by atoms with Crippen LogP contribution in [-0.2, 0) is 4.74 Å². The molecule has 16 heavy (non-hydrogen) atoms. The Morgan fingerprint density at radius 3 is 3.12 bits per heavy atom. The van der Waals surface area contributed by atoms with Gasteiger partial charge in [-0.3, -0.25) is 0 Å². The van der Waals surface area contributed by atoms with Crippen molar-refractivity contribution in [2.75, 3.05) is 18.9 Å². The Kier molecular flexibility index (Phi) is 2.51. The lowest BCUT2D eigenvalue weighted by molar-refractivity contribution is 0.187. The molecule has 1 aromatic carbocycles. The smallest absolute Gasteiger partial charge is 0.201 e. The Morgan fingerprint density at radius 2 is 2.38 bits per heavy atom. The van der Waals surface area contributed by atoms with E-state index in [0.29, 0.717) is 12.0 Å². The third-order valence-electron chi connectivity index (χ3n) is 2.95. The van der Waals surface area contributed by atoms with Crippen LogP contribution < -0.4 is 5.73 Å². The first kappa shape index (κ1) is 10.3. The molecule has 0 radical (unpaired) electrons. The van der Waals surface area contributed by atoms with Crippen LogP contribution in [0.3, 0.4) is 0 Å². The zero-order valence-electron chi connectivity index (χ0n) is 8.69. The van der Waals surface area contributed by atoms with Gasteiger partial charge < -0.3 is 15.0 Å². The van der Waals surface area contributed by atoms with Gasteiger partial charge in [0.25, 0.3) is 0 Å². The van der Waals surface area contributed by atoms with Crippen LogP contribution in [0.4, 0.5) is 5.95 Å². The molecule has 2 N–H and O–H groups in total. The number of aromatic nitrogens is 2. The van der Waals surface area contributed by atoms with E-state index in [-0.39, 0.29) is 0 Å². The molecule has 1 aliphatic heterocycles. The fraction of sp³-hybridized carbons (Fsp3) is 0.364. The van der Waals surface area contributed by atoms with E-state index in [9.17, 15) is 0 Å². The summed E-state index contributed by atoms with van der Waals surface area (Å²) in [5.41, 5.74) is 8.05. The highest BCUT2D eigenvalue weighted by atomic mass is 127. The van der Waals surface area contributed by atoms with Crippen molar-refractivity contribution in [3.63, 3.8) is 0 Å². The molecule has 4 nitrogen and oxygen atoms in total. The number of halogens is 1. The Labute approximate surface area is 107 Å². The van der Waals surface area contributed by atoms with Crippen LogP contribution in [-0.4, -0.2) is 22.8 Å². The first-order chi connectivity index (χ1) is 7.75. The van der Waals surface area contributed by atoms with E-state index in [1.807, 2.05) is 0 Å². The molecule has 2 heterocycles. The number of hydrogen-bond donors (Lipinski definition) is 1. The van der Waals surface area contributed by atoms with E-state index in [0.717, 1.165) is 30.7 Å². The van der Waals surface area contributed by atoms with Crippen LogP contribution in [0, 0.1) is 3.57 Å². The van der Waals surface area contributed by atoms with E-state index in [2.05, 4.69) is 50.3 Å². The Bertz CT molecular complexity index is 531. The maximum absolute atomic E-state index is 5.98. The van der Waals surface area contributed by atoms with Gasteiger partial charge in [0.15, 0.2) is 0 Å². The van der Waals surface area contributed by atoms with Gasteiger partial charge in [-0.25, -0.2) is 4.98 Å². The molecule has 1 aromatic heterocycles.